The number of benzene rings is 1. The van der Waals surface area contributed by atoms with Gasteiger partial charge in [0.1, 0.15) is 28.6 Å². The first-order valence-corrected chi connectivity index (χ1v) is 14.4. The number of hydrogen-bond acceptors (Lipinski definition) is 10. The number of ketones is 3. The summed E-state index contributed by atoms with van der Waals surface area (Å²) < 4.78 is 0. The van der Waals surface area contributed by atoms with E-state index < -0.39 is 58.0 Å². The summed E-state index contributed by atoms with van der Waals surface area (Å²) in [5, 5.41) is 45.8. The fourth-order valence-electron chi connectivity index (χ4n) is 7.65. The van der Waals surface area contributed by atoms with Gasteiger partial charge in [0.05, 0.1) is 11.6 Å². The summed E-state index contributed by atoms with van der Waals surface area (Å²) in [6.45, 7) is 0. The second-order valence-electron chi connectivity index (χ2n) is 12.6. The highest BCUT2D eigenvalue weighted by atomic mass is 16.3. The lowest BCUT2D eigenvalue weighted by Crippen LogP contribution is -2.65. The zero-order chi connectivity index (χ0) is 30.8. The van der Waals surface area contributed by atoms with Crippen LogP contribution in [0.15, 0.2) is 23.0 Å². The Morgan fingerprint density at radius 3 is 2.29 bits per heavy atom. The van der Waals surface area contributed by atoms with Crippen LogP contribution in [0.25, 0.3) is 5.76 Å². The molecule has 0 saturated heterocycles. The van der Waals surface area contributed by atoms with Crippen molar-refractivity contribution in [3.8, 4) is 5.75 Å². The number of phenols is 1. The number of aromatic hydroxyl groups is 1. The molecule has 11 nitrogen and oxygen atoms in total. The first-order valence-electron chi connectivity index (χ1n) is 14.4. The van der Waals surface area contributed by atoms with E-state index in [1.54, 1.807) is 20.2 Å². The Hall–Kier alpha value is -3.70. The van der Waals surface area contributed by atoms with E-state index in [2.05, 4.69) is 0 Å². The molecule has 4 aliphatic carbocycles. The molecular weight excluding hydrogens is 542 g/mol. The molecule has 226 valence electrons. The Bertz CT molecular complexity index is 1450. The molecule has 0 radical (unpaired) electrons. The van der Waals surface area contributed by atoms with Crippen molar-refractivity contribution in [2.24, 2.45) is 23.5 Å². The number of primary amides is 1. The fourth-order valence-corrected chi connectivity index (χ4v) is 7.65. The predicted octanol–water partition coefficient (Wildman–Crippen LogP) is 1.72. The van der Waals surface area contributed by atoms with Gasteiger partial charge in [-0.3, -0.25) is 24.1 Å². The monoisotopic (exact) mass is 581 g/mol. The summed E-state index contributed by atoms with van der Waals surface area (Å²) in [6, 6.07) is 0.666. The van der Waals surface area contributed by atoms with Crippen molar-refractivity contribution in [1.82, 2.24) is 4.90 Å². The average Bonchev–Trinajstić information content (AvgIpc) is 3.45. The number of aryl methyl sites for hydroxylation is 1. The van der Waals surface area contributed by atoms with E-state index in [1.807, 2.05) is 19.0 Å². The van der Waals surface area contributed by atoms with Gasteiger partial charge in [-0.15, -0.1) is 0 Å². The van der Waals surface area contributed by atoms with Crippen molar-refractivity contribution in [1.29, 1.82) is 0 Å². The third-order valence-electron chi connectivity index (χ3n) is 9.71. The van der Waals surface area contributed by atoms with Crippen LogP contribution in [0.4, 0.5) is 5.69 Å². The first kappa shape index (κ1) is 29.8. The largest absolute Gasteiger partial charge is 0.508 e. The van der Waals surface area contributed by atoms with Crippen LogP contribution in [0.1, 0.15) is 55.2 Å². The van der Waals surface area contributed by atoms with E-state index in [9.17, 15) is 39.6 Å². The number of phenolic OH excluding ortho intramolecular Hbond substituents is 1. The van der Waals surface area contributed by atoms with Crippen LogP contribution >= 0.6 is 0 Å². The van der Waals surface area contributed by atoms with E-state index in [4.69, 9.17) is 5.73 Å². The van der Waals surface area contributed by atoms with E-state index in [-0.39, 0.29) is 54.3 Å². The Kier molecular flexibility index (Phi) is 7.47. The quantitative estimate of drug-likeness (QED) is 0.297. The minimum Gasteiger partial charge on any atom is -0.508 e. The van der Waals surface area contributed by atoms with Crippen molar-refractivity contribution in [2.75, 3.05) is 33.1 Å². The van der Waals surface area contributed by atoms with Gasteiger partial charge in [-0.2, -0.15) is 0 Å². The summed E-state index contributed by atoms with van der Waals surface area (Å²) >= 11 is 0. The number of nitrogens with two attached hydrogens (primary N) is 1. The smallest absolute Gasteiger partial charge is 0.255 e. The summed E-state index contributed by atoms with van der Waals surface area (Å²) in [6.07, 6.45) is 4.52. The van der Waals surface area contributed by atoms with E-state index in [1.165, 1.54) is 4.90 Å². The van der Waals surface area contributed by atoms with Crippen LogP contribution in [0.2, 0.25) is 0 Å². The number of rotatable bonds is 7. The van der Waals surface area contributed by atoms with Crippen LogP contribution in [0, 0.1) is 17.8 Å². The van der Waals surface area contributed by atoms with Gasteiger partial charge in [0.2, 0.25) is 5.78 Å². The third kappa shape index (κ3) is 4.32. The number of likely N-dealkylation sites (N-methyl/N-ethyl adjacent to an activating group) is 1. The molecule has 42 heavy (non-hydrogen) atoms. The van der Waals surface area contributed by atoms with E-state index in [0.717, 1.165) is 25.7 Å². The van der Waals surface area contributed by atoms with Gasteiger partial charge in [0, 0.05) is 43.6 Å². The second-order valence-corrected chi connectivity index (χ2v) is 12.6. The number of nitrogens with zero attached hydrogens (tertiary/aromatic N) is 2. The average molecular weight is 582 g/mol. The molecule has 0 heterocycles. The van der Waals surface area contributed by atoms with Crippen LogP contribution in [-0.2, 0) is 32.0 Å². The molecular formula is C31H39N3O8. The standard InChI is InChI=1S/C31H39N3O8/c1-33(2)19-13-15(9-10-20(35)14-7-5-6-8-14)25(36)22-17(19)11-16-12-18-24(34(3)4)27(38)23(30(32)41)29(40)31(18,42)28(39)21(16)26(22)37/h13-14,16,18,24,36-37,40,42H,5-12H2,1-4H3,(H2,32,41)/t16-,18-,24?,31-/m0/s1. The number of Topliss-reactive ketones (excluding diaryl/α,β-unsaturated/α-hetero) is 3. The van der Waals surface area contributed by atoms with Gasteiger partial charge in [0.25, 0.3) is 5.91 Å². The van der Waals surface area contributed by atoms with Crippen LogP contribution in [0.5, 0.6) is 5.75 Å². The normalized spacial score (nSPS) is 27.7. The van der Waals surface area contributed by atoms with Gasteiger partial charge in [-0.25, -0.2) is 0 Å². The number of fused-ring (bicyclic) bond motifs is 3. The van der Waals surface area contributed by atoms with E-state index >= 15 is 0 Å². The maximum atomic E-state index is 14.1. The van der Waals surface area contributed by atoms with Gasteiger partial charge < -0.3 is 31.1 Å². The minimum atomic E-state index is -2.68. The second kappa shape index (κ2) is 10.5. The lowest BCUT2D eigenvalue weighted by atomic mass is 9.57. The number of anilines is 1. The van der Waals surface area contributed by atoms with Crippen molar-refractivity contribution in [2.45, 2.75) is 63.0 Å². The molecule has 1 amide bonds. The van der Waals surface area contributed by atoms with Crippen molar-refractivity contribution >= 4 is 34.7 Å². The highest BCUT2D eigenvalue weighted by Gasteiger charge is 2.64. The van der Waals surface area contributed by atoms with Crippen LogP contribution < -0.4 is 10.6 Å². The molecule has 1 aromatic rings. The Morgan fingerprint density at radius 1 is 1.07 bits per heavy atom. The molecule has 1 unspecified atom stereocenters. The van der Waals surface area contributed by atoms with Crippen LogP contribution in [-0.4, -0.2) is 88.4 Å². The number of carbonyl (C=O) groups is 4. The van der Waals surface area contributed by atoms with Crippen molar-refractivity contribution in [3.05, 3.63) is 39.7 Å². The molecule has 0 aromatic heterocycles. The van der Waals surface area contributed by atoms with Gasteiger partial charge in [-0.1, -0.05) is 12.8 Å². The molecule has 2 saturated carbocycles. The molecule has 1 aromatic carbocycles. The molecule has 2 fully saturated rings. The number of amides is 1. The summed E-state index contributed by atoms with van der Waals surface area (Å²) in [5.41, 5.74) is 3.45. The Morgan fingerprint density at radius 2 is 1.71 bits per heavy atom. The van der Waals surface area contributed by atoms with Gasteiger partial charge in [0.15, 0.2) is 11.4 Å². The van der Waals surface area contributed by atoms with Crippen LogP contribution in [0.3, 0.4) is 0 Å². The molecule has 11 heteroatoms. The zero-order valence-corrected chi connectivity index (χ0v) is 24.4. The topological polar surface area (TPSA) is 182 Å². The lowest BCUT2D eigenvalue weighted by Gasteiger charge is -2.50. The summed E-state index contributed by atoms with van der Waals surface area (Å²) in [4.78, 5) is 55.6. The van der Waals surface area contributed by atoms with Gasteiger partial charge >= 0.3 is 0 Å². The Balaban J connectivity index is 1.63. The highest BCUT2D eigenvalue weighted by Crippen LogP contribution is 2.54. The predicted molar refractivity (Wildman–Crippen MR) is 154 cm³/mol. The molecule has 5 rings (SSSR count). The maximum Gasteiger partial charge on any atom is 0.255 e. The Labute approximate surface area is 244 Å². The number of aliphatic hydroxyl groups excluding tert-OH is 2. The van der Waals surface area contributed by atoms with Crippen molar-refractivity contribution in [3.63, 3.8) is 0 Å². The molecule has 6 N–H and O–H groups in total. The number of carbonyl (C=O) groups excluding carboxylic acids is 4. The molecule has 0 bridgehead atoms. The SMILES string of the molecule is CN(C)c1cc(CCC(=O)C2CCCC2)c(O)c2c1C[C@H]1C[C@H]3C(N(C)C)C(=O)C(C(N)=O)=C(O)[C@@]3(O)C(=O)C1=C2O. The number of hydrogen-bond donors (Lipinski definition) is 5. The van der Waals surface area contributed by atoms with E-state index in [0.29, 0.717) is 16.8 Å². The highest BCUT2D eigenvalue weighted by molar-refractivity contribution is 6.24. The summed E-state index contributed by atoms with van der Waals surface area (Å²) in [5.74, 6) is -6.61. The third-order valence-corrected chi connectivity index (χ3v) is 9.71. The lowest BCUT2D eigenvalue weighted by molar-refractivity contribution is -0.153. The molecule has 0 spiro atoms. The zero-order valence-electron chi connectivity index (χ0n) is 24.4. The first-order chi connectivity index (χ1) is 19.7. The van der Waals surface area contributed by atoms with Gasteiger partial charge in [-0.05, 0) is 69.3 Å². The molecule has 4 aliphatic rings. The minimum absolute atomic E-state index is 0.0248. The summed E-state index contributed by atoms with van der Waals surface area (Å²) in [7, 11) is 6.76. The maximum absolute atomic E-state index is 14.1. The number of aliphatic hydroxyl groups is 3. The van der Waals surface area contributed by atoms with Crippen molar-refractivity contribution < 1.29 is 39.6 Å². The fraction of sp³-hybridized carbons (Fsp3) is 0.548. The molecule has 0 aliphatic heterocycles. The molecule has 4 atom stereocenters.